The molecule has 0 radical (unpaired) electrons. The number of rotatable bonds is 3. The standard InChI is InChI=1S/C9H9O5P/c1-11-9(10)6-12-15-13-7-4-2-3-5-8(7)14-15/h2-5H,6H2,1H3. The third-order valence-corrected chi connectivity index (χ3v) is 2.74. The maximum absolute atomic E-state index is 10.8. The average molecular weight is 228 g/mol. The Morgan fingerprint density at radius 3 is 2.47 bits per heavy atom. The van der Waals surface area contributed by atoms with E-state index in [1.165, 1.54) is 7.11 Å². The third-order valence-electron chi connectivity index (χ3n) is 1.71. The molecule has 0 aliphatic carbocycles. The molecule has 1 aromatic rings. The minimum absolute atomic E-state index is 0.170. The number of fused-ring (bicyclic) bond motifs is 1. The molecule has 0 unspecified atom stereocenters. The number of carbonyl (C=O) groups excluding carboxylic acids is 1. The second-order valence-electron chi connectivity index (χ2n) is 2.70. The van der Waals surface area contributed by atoms with Gasteiger partial charge in [0.15, 0.2) is 18.1 Å². The molecule has 1 aliphatic rings. The zero-order chi connectivity index (χ0) is 10.7. The number of para-hydroxylation sites is 2. The first-order valence-electron chi connectivity index (χ1n) is 4.24. The van der Waals surface area contributed by atoms with Gasteiger partial charge < -0.3 is 13.8 Å². The van der Waals surface area contributed by atoms with Crippen LogP contribution in [0.2, 0.25) is 0 Å². The topological polar surface area (TPSA) is 54.0 Å². The van der Waals surface area contributed by atoms with Crippen molar-refractivity contribution < 1.29 is 23.1 Å². The minimum Gasteiger partial charge on any atom is -0.467 e. The lowest BCUT2D eigenvalue weighted by atomic mass is 10.3. The number of carbonyl (C=O) groups is 1. The summed E-state index contributed by atoms with van der Waals surface area (Å²) in [5.74, 6) is 0.808. The quantitative estimate of drug-likeness (QED) is 0.584. The van der Waals surface area contributed by atoms with E-state index in [-0.39, 0.29) is 6.61 Å². The van der Waals surface area contributed by atoms with Gasteiger partial charge in [-0.3, -0.25) is 4.52 Å². The molecule has 1 aliphatic heterocycles. The van der Waals surface area contributed by atoms with Crippen molar-refractivity contribution in [1.29, 1.82) is 0 Å². The highest BCUT2D eigenvalue weighted by atomic mass is 31.2. The van der Waals surface area contributed by atoms with E-state index in [9.17, 15) is 4.79 Å². The molecule has 0 aromatic heterocycles. The molecular formula is C9H9O5P. The van der Waals surface area contributed by atoms with Crippen LogP contribution in [-0.4, -0.2) is 19.7 Å². The maximum Gasteiger partial charge on any atom is 0.463 e. The lowest BCUT2D eigenvalue weighted by Gasteiger charge is -2.06. The second kappa shape index (κ2) is 4.47. The number of benzene rings is 1. The zero-order valence-electron chi connectivity index (χ0n) is 8.00. The van der Waals surface area contributed by atoms with E-state index >= 15 is 0 Å². The van der Waals surface area contributed by atoms with Crippen molar-refractivity contribution >= 4 is 14.6 Å². The first kappa shape index (κ1) is 10.2. The van der Waals surface area contributed by atoms with Gasteiger partial charge in [0.05, 0.1) is 7.11 Å². The first-order chi connectivity index (χ1) is 7.29. The van der Waals surface area contributed by atoms with E-state index in [1.807, 2.05) is 12.1 Å². The Balaban J connectivity index is 1.88. The third kappa shape index (κ3) is 2.37. The molecule has 0 saturated heterocycles. The zero-order valence-corrected chi connectivity index (χ0v) is 8.90. The molecular weight excluding hydrogens is 219 g/mol. The van der Waals surface area contributed by atoms with Crippen LogP contribution in [-0.2, 0) is 14.1 Å². The fourth-order valence-corrected chi connectivity index (χ4v) is 1.97. The maximum atomic E-state index is 10.8. The van der Waals surface area contributed by atoms with Gasteiger partial charge in [-0.2, -0.15) is 0 Å². The van der Waals surface area contributed by atoms with Crippen molar-refractivity contribution in [1.82, 2.24) is 0 Å². The van der Waals surface area contributed by atoms with Crippen LogP contribution in [0.3, 0.4) is 0 Å². The van der Waals surface area contributed by atoms with Gasteiger partial charge >= 0.3 is 14.6 Å². The lowest BCUT2D eigenvalue weighted by Crippen LogP contribution is -2.09. The van der Waals surface area contributed by atoms with Crippen molar-refractivity contribution in [3.8, 4) is 11.5 Å². The average Bonchev–Trinajstić information content (AvgIpc) is 2.68. The summed E-state index contributed by atoms with van der Waals surface area (Å²) < 4.78 is 20.1. The number of esters is 1. The van der Waals surface area contributed by atoms with Crippen molar-refractivity contribution in [3.05, 3.63) is 24.3 Å². The van der Waals surface area contributed by atoms with Gasteiger partial charge in [-0.05, 0) is 12.1 Å². The van der Waals surface area contributed by atoms with Crippen molar-refractivity contribution in [2.24, 2.45) is 0 Å². The SMILES string of the molecule is COC(=O)COP1Oc2ccccc2O1. The molecule has 0 atom stereocenters. The number of ether oxygens (including phenoxy) is 1. The second-order valence-corrected chi connectivity index (χ2v) is 3.77. The van der Waals surface area contributed by atoms with Crippen LogP contribution in [0.15, 0.2) is 24.3 Å². The summed E-state index contributed by atoms with van der Waals surface area (Å²) in [5, 5.41) is 0. The van der Waals surface area contributed by atoms with E-state index in [0.29, 0.717) is 11.5 Å². The van der Waals surface area contributed by atoms with Gasteiger partial charge in [0.1, 0.15) is 0 Å². The number of hydrogen-bond acceptors (Lipinski definition) is 5. The molecule has 5 nitrogen and oxygen atoms in total. The lowest BCUT2D eigenvalue weighted by molar-refractivity contribution is -0.143. The first-order valence-corrected chi connectivity index (χ1v) is 5.34. The summed E-state index contributed by atoms with van der Waals surface area (Å²) in [6.07, 6.45) is 0. The monoisotopic (exact) mass is 228 g/mol. The van der Waals surface area contributed by atoms with Gasteiger partial charge in [0.2, 0.25) is 0 Å². The summed E-state index contributed by atoms with van der Waals surface area (Å²) in [5.41, 5.74) is 0. The molecule has 0 saturated carbocycles. The van der Waals surface area contributed by atoms with Gasteiger partial charge in [-0.15, -0.1) is 0 Å². The summed E-state index contributed by atoms with van der Waals surface area (Å²) in [6, 6.07) is 7.22. The largest absolute Gasteiger partial charge is 0.467 e. The van der Waals surface area contributed by atoms with Crippen molar-refractivity contribution in [2.75, 3.05) is 13.7 Å². The van der Waals surface area contributed by atoms with Gasteiger partial charge in [-0.1, -0.05) is 12.1 Å². The molecule has 2 rings (SSSR count). The molecule has 0 spiro atoms. The highest BCUT2D eigenvalue weighted by molar-refractivity contribution is 7.43. The minimum atomic E-state index is -1.51. The molecule has 0 N–H and O–H groups in total. The Morgan fingerprint density at radius 1 is 1.33 bits per heavy atom. The van der Waals surface area contributed by atoms with E-state index in [2.05, 4.69) is 4.74 Å². The predicted octanol–water partition coefficient (Wildman–Crippen LogP) is 1.87. The molecule has 80 valence electrons. The highest BCUT2D eigenvalue weighted by Gasteiger charge is 2.28. The normalized spacial score (nSPS) is 13.9. The molecule has 0 bridgehead atoms. The molecule has 6 heteroatoms. The fraction of sp³-hybridized carbons (Fsp3) is 0.222. The van der Waals surface area contributed by atoms with Crippen LogP contribution in [0.5, 0.6) is 11.5 Å². The van der Waals surface area contributed by atoms with E-state index < -0.39 is 14.6 Å². The summed E-state index contributed by atoms with van der Waals surface area (Å²) in [7, 11) is -0.215. The van der Waals surface area contributed by atoms with E-state index in [1.54, 1.807) is 12.1 Å². The van der Waals surface area contributed by atoms with Crippen LogP contribution < -0.4 is 9.05 Å². The predicted molar refractivity (Wildman–Crippen MR) is 52.6 cm³/mol. The Hall–Kier alpha value is -1.32. The van der Waals surface area contributed by atoms with Gasteiger partial charge in [-0.25, -0.2) is 4.79 Å². The molecule has 0 fully saturated rings. The summed E-state index contributed by atoms with van der Waals surface area (Å²) >= 11 is 0. The van der Waals surface area contributed by atoms with Crippen LogP contribution in [0.1, 0.15) is 0 Å². The Labute approximate surface area is 87.9 Å². The number of methoxy groups -OCH3 is 1. The molecule has 15 heavy (non-hydrogen) atoms. The smallest absolute Gasteiger partial charge is 0.463 e. The van der Waals surface area contributed by atoms with Gasteiger partial charge in [0.25, 0.3) is 0 Å². The van der Waals surface area contributed by atoms with E-state index in [0.717, 1.165) is 0 Å². The Kier molecular flexibility index (Phi) is 3.04. The fourth-order valence-electron chi connectivity index (χ4n) is 0.997. The molecule has 0 amide bonds. The molecule has 1 heterocycles. The van der Waals surface area contributed by atoms with Gasteiger partial charge in [0, 0.05) is 0 Å². The van der Waals surface area contributed by atoms with Crippen molar-refractivity contribution in [2.45, 2.75) is 0 Å². The summed E-state index contributed by atoms with van der Waals surface area (Å²) in [6.45, 7) is -0.170. The Morgan fingerprint density at radius 2 is 1.93 bits per heavy atom. The van der Waals surface area contributed by atoms with Crippen molar-refractivity contribution in [3.63, 3.8) is 0 Å². The Bertz CT molecular complexity index is 342. The summed E-state index contributed by atoms with van der Waals surface area (Å²) in [4.78, 5) is 10.8. The van der Waals surface area contributed by atoms with E-state index in [4.69, 9.17) is 13.6 Å². The van der Waals surface area contributed by atoms with Crippen LogP contribution in [0, 0.1) is 0 Å². The highest BCUT2D eigenvalue weighted by Crippen LogP contribution is 2.52. The van der Waals surface area contributed by atoms with Crippen LogP contribution in [0.4, 0.5) is 0 Å². The number of hydrogen-bond donors (Lipinski definition) is 0. The van der Waals surface area contributed by atoms with Crippen LogP contribution >= 0.6 is 8.60 Å². The van der Waals surface area contributed by atoms with Crippen LogP contribution in [0.25, 0.3) is 0 Å². The molecule has 1 aromatic carbocycles.